The molecule has 6 heteroatoms. The fourth-order valence-corrected chi connectivity index (χ4v) is 4.26. The highest BCUT2D eigenvalue weighted by molar-refractivity contribution is 5.50. The summed E-state index contributed by atoms with van der Waals surface area (Å²) in [6, 6.07) is 17.5. The first-order chi connectivity index (χ1) is 15.2. The molecule has 0 amide bonds. The van der Waals surface area contributed by atoms with Crippen molar-refractivity contribution in [1.29, 1.82) is 0 Å². The number of nitrogens with two attached hydrogens (primary N) is 2. The van der Waals surface area contributed by atoms with Crippen molar-refractivity contribution >= 4 is 11.4 Å². The Morgan fingerprint density at radius 1 is 0.613 bits per heavy atom. The smallest absolute Gasteiger partial charge is 0.119 e. The van der Waals surface area contributed by atoms with Crippen LogP contribution in [0.1, 0.15) is 32.1 Å². The number of rotatable bonds is 8. The standard InChI is InChI=1S/C25H36N4O2/c26-20-10-14-28(15-11-20)22-2-6-24(7-3-22)30-18-1-19-31-25-8-4-23(5-9-25)29-16-12-21(27)13-17-29/h2-9,20-21H,1,10-19,26-27H2. The van der Waals surface area contributed by atoms with Crippen LogP contribution in [0.15, 0.2) is 48.5 Å². The summed E-state index contributed by atoms with van der Waals surface area (Å²) >= 11 is 0. The van der Waals surface area contributed by atoms with Crippen molar-refractivity contribution < 1.29 is 9.47 Å². The Balaban J connectivity index is 1.13. The van der Waals surface area contributed by atoms with Gasteiger partial charge < -0.3 is 30.7 Å². The Bertz CT molecular complexity index is 713. The van der Waals surface area contributed by atoms with E-state index in [9.17, 15) is 0 Å². The van der Waals surface area contributed by atoms with Crippen LogP contribution in [0.4, 0.5) is 11.4 Å². The van der Waals surface area contributed by atoms with E-state index in [4.69, 9.17) is 20.9 Å². The van der Waals surface area contributed by atoms with Gasteiger partial charge in [-0.15, -0.1) is 0 Å². The lowest BCUT2D eigenvalue weighted by molar-refractivity contribution is 0.247. The lowest BCUT2D eigenvalue weighted by Gasteiger charge is -2.32. The van der Waals surface area contributed by atoms with E-state index < -0.39 is 0 Å². The van der Waals surface area contributed by atoms with Crippen LogP contribution in [0.2, 0.25) is 0 Å². The molecule has 168 valence electrons. The van der Waals surface area contributed by atoms with Crippen LogP contribution >= 0.6 is 0 Å². The first kappa shape index (κ1) is 21.8. The van der Waals surface area contributed by atoms with E-state index in [-0.39, 0.29) is 0 Å². The molecule has 2 saturated heterocycles. The van der Waals surface area contributed by atoms with E-state index in [2.05, 4.69) is 58.3 Å². The third-order valence-electron chi connectivity index (χ3n) is 6.31. The van der Waals surface area contributed by atoms with Crippen LogP contribution in [0, 0.1) is 0 Å². The number of piperidine rings is 2. The molecule has 2 aromatic carbocycles. The van der Waals surface area contributed by atoms with Gasteiger partial charge in [-0.25, -0.2) is 0 Å². The molecule has 0 atom stereocenters. The normalized spacial score (nSPS) is 18.3. The van der Waals surface area contributed by atoms with Crippen molar-refractivity contribution in [3.8, 4) is 11.5 Å². The quantitative estimate of drug-likeness (QED) is 0.633. The minimum absolute atomic E-state index is 0.355. The van der Waals surface area contributed by atoms with Gasteiger partial charge in [-0.3, -0.25) is 0 Å². The molecule has 2 fully saturated rings. The lowest BCUT2D eigenvalue weighted by atomic mass is 10.1. The third-order valence-corrected chi connectivity index (χ3v) is 6.31. The molecule has 2 aromatic rings. The van der Waals surface area contributed by atoms with Crippen LogP contribution in [0.5, 0.6) is 11.5 Å². The van der Waals surface area contributed by atoms with E-state index in [1.54, 1.807) is 0 Å². The molecule has 4 rings (SSSR count). The third kappa shape index (κ3) is 6.28. The fourth-order valence-electron chi connectivity index (χ4n) is 4.26. The largest absolute Gasteiger partial charge is 0.493 e. The van der Waals surface area contributed by atoms with Crippen molar-refractivity contribution in [3.63, 3.8) is 0 Å². The Morgan fingerprint density at radius 2 is 0.968 bits per heavy atom. The minimum atomic E-state index is 0.355. The topological polar surface area (TPSA) is 77.0 Å². The summed E-state index contributed by atoms with van der Waals surface area (Å²) in [4.78, 5) is 4.79. The summed E-state index contributed by atoms with van der Waals surface area (Å²) in [6.07, 6.45) is 5.10. The molecule has 2 aliphatic rings. The van der Waals surface area contributed by atoms with Crippen molar-refractivity contribution in [2.24, 2.45) is 11.5 Å². The summed E-state index contributed by atoms with van der Waals surface area (Å²) in [5.74, 6) is 1.81. The molecule has 6 nitrogen and oxygen atoms in total. The van der Waals surface area contributed by atoms with E-state index in [0.29, 0.717) is 25.3 Å². The fraction of sp³-hybridized carbons (Fsp3) is 0.520. The zero-order valence-electron chi connectivity index (χ0n) is 18.4. The molecule has 31 heavy (non-hydrogen) atoms. The van der Waals surface area contributed by atoms with E-state index in [1.807, 2.05) is 0 Å². The molecule has 0 aromatic heterocycles. The molecule has 4 N–H and O–H groups in total. The average molecular weight is 425 g/mol. The second kappa shape index (κ2) is 10.7. The van der Waals surface area contributed by atoms with Gasteiger partial charge in [0.05, 0.1) is 13.2 Å². The van der Waals surface area contributed by atoms with Gasteiger partial charge in [0, 0.05) is 56.1 Å². The number of benzene rings is 2. The van der Waals surface area contributed by atoms with E-state index in [1.165, 1.54) is 11.4 Å². The number of ether oxygens (including phenoxy) is 2. The first-order valence-corrected chi connectivity index (χ1v) is 11.6. The van der Waals surface area contributed by atoms with Crippen molar-refractivity contribution in [3.05, 3.63) is 48.5 Å². The highest BCUT2D eigenvalue weighted by Gasteiger charge is 2.17. The maximum absolute atomic E-state index is 5.99. The van der Waals surface area contributed by atoms with Crippen molar-refractivity contribution in [1.82, 2.24) is 0 Å². The van der Waals surface area contributed by atoms with Gasteiger partial charge >= 0.3 is 0 Å². The first-order valence-electron chi connectivity index (χ1n) is 11.6. The van der Waals surface area contributed by atoms with E-state index in [0.717, 1.165) is 69.8 Å². The van der Waals surface area contributed by atoms with Gasteiger partial charge in [0.15, 0.2) is 0 Å². The average Bonchev–Trinajstić information content (AvgIpc) is 2.81. The van der Waals surface area contributed by atoms with Crippen LogP contribution in [0.3, 0.4) is 0 Å². The van der Waals surface area contributed by atoms with Crippen LogP contribution in [-0.4, -0.2) is 51.5 Å². The molecule has 0 bridgehead atoms. The van der Waals surface area contributed by atoms with Crippen molar-refractivity contribution in [2.45, 2.75) is 44.2 Å². The molecule has 2 aliphatic heterocycles. The Labute approximate surface area is 186 Å². The Morgan fingerprint density at radius 3 is 1.32 bits per heavy atom. The Kier molecular flexibility index (Phi) is 7.54. The molecule has 0 saturated carbocycles. The number of nitrogens with zero attached hydrogens (tertiary/aromatic N) is 2. The number of hydrogen-bond acceptors (Lipinski definition) is 6. The van der Waals surface area contributed by atoms with Gasteiger partial charge in [-0.2, -0.15) is 0 Å². The van der Waals surface area contributed by atoms with Gasteiger partial charge in [0.2, 0.25) is 0 Å². The van der Waals surface area contributed by atoms with Crippen molar-refractivity contribution in [2.75, 3.05) is 49.2 Å². The zero-order valence-corrected chi connectivity index (χ0v) is 18.4. The Hall–Kier alpha value is -2.44. The second-order valence-corrected chi connectivity index (χ2v) is 8.69. The zero-order chi connectivity index (χ0) is 21.5. The maximum Gasteiger partial charge on any atom is 0.119 e. The van der Waals surface area contributed by atoms with Gasteiger partial charge in [0.1, 0.15) is 11.5 Å². The summed E-state index contributed by atoms with van der Waals surface area (Å²) in [6.45, 7) is 5.42. The van der Waals surface area contributed by atoms with Gasteiger partial charge in [-0.05, 0) is 74.2 Å². The summed E-state index contributed by atoms with van der Waals surface area (Å²) in [7, 11) is 0. The number of hydrogen-bond donors (Lipinski definition) is 2. The summed E-state index contributed by atoms with van der Waals surface area (Å²) in [5, 5.41) is 0. The molecule has 0 aliphatic carbocycles. The summed E-state index contributed by atoms with van der Waals surface area (Å²) in [5.41, 5.74) is 14.5. The molecule has 0 unspecified atom stereocenters. The molecule has 2 heterocycles. The van der Waals surface area contributed by atoms with Crippen LogP contribution < -0.4 is 30.7 Å². The molecule has 0 radical (unpaired) electrons. The number of anilines is 2. The molecular formula is C25H36N4O2. The minimum Gasteiger partial charge on any atom is -0.493 e. The summed E-state index contributed by atoms with van der Waals surface area (Å²) < 4.78 is 11.8. The highest BCUT2D eigenvalue weighted by atomic mass is 16.5. The van der Waals surface area contributed by atoms with Crippen LogP contribution in [-0.2, 0) is 0 Å². The predicted octanol–water partition coefficient (Wildman–Crippen LogP) is 3.39. The predicted molar refractivity (Wildman–Crippen MR) is 127 cm³/mol. The molecule has 0 spiro atoms. The van der Waals surface area contributed by atoms with Gasteiger partial charge in [-0.1, -0.05) is 0 Å². The molecular weight excluding hydrogens is 388 g/mol. The highest BCUT2D eigenvalue weighted by Crippen LogP contribution is 2.24. The monoisotopic (exact) mass is 424 g/mol. The van der Waals surface area contributed by atoms with Gasteiger partial charge in [0.25, 0.3) is 0 Å². The second-order valence-electron chi connectivity index (χ2n) is 8.69. The lowest BCUT2D eigenvalue weighted by Crippen LogP contribution is -2.39. The SMILES string of the molecule is NC1CCN(c2ccc(OCCCOc3ccc(N4CCC(N)CC4)cc3)cc2)CC1. The van der Waals surface area contributed by atoms with E-state index >= 15 is 0 Å². The van der Waals surface area contributed by atoms with Crippen LogP contribution in [0.25, 0.3) is 0 Å². The maximum atomic E-state index is 5.99.